The van der Waals surface area contributed by atoms with Gasteiger partial charge in [-0.15, -0.1) is 11.3 Å². The molecule has 0 radical (unpaired) electrons. The van der Waals surface area contributed by atoms with E-state index in [4.69, 9.17) is 0 Å². The van der Waals surface area contributed by atoms with Gasteiger partial charge in [-0.3, -0.25) is 15.6 Å². The number of hydrazine groups is 1. The standard InChI is InChI=1S/C15H14N4OS/c1-9-3-5-11(6-4-9)14(20)19-18-13-12-10(2)7-21-15(12)17-8-16-13/h3-8H,1-2H3,(H,19,20)(H,16,17,18). The molecule has 3 aromatic rings. The molecule has 21 heavy (non-hydrogen) atoms. The Labute approximate surface area is 126 Å². The first kappa shape index (κ1) is 13.5. The molecule has 106 valence electrons. The maximum atomic E-state index is 12.1. The van der Waals surface area contributed by atoms with Crippen molar-refractivity contribution in [3.05, 3.63) is 52.7 Å². The van der Waals surface area contributed by atoms with E-state index in [1.54, 1.807) is 23.5 Å². The van der Waals surface area contributed by atoms with Gasteiger partial charge in [-0.2, -0.15) is 0 Å². The summed E-state index contributed by atoms with van der Waals surface area (Å²) in [5, 5.41) is 2.96. The molecule has 0 fully saturated rings. The second kappa shape index (κ2) is 5.49. The van der Waals surface area contributed by atoms with Gasteiger partial charge in [0.25, 0.3) is 5.91 Å². The van der Waals surface area contributed by atoms with Crippen LogP contribution in [0.15, 0.2) is 36.0 Å². The van der Waals surface area contributed by atoms with E-state index in [1.807, 2.05) is 31.4 Å². The highest BCUT2D eigenvalue weighted by atomic mass is 32.1. The molecule has 0 unspecified atom stereocenters. The van der Waals surface area contributed by atoms with Crippen LogP contribution in [0, 0.1) is 13.8 Å². The summed E-state index contributed by atoms with van der Waals surface area (Å²) in [4.78, 5) is 21.4. The molecule has 2 N–H and O–H groups in total. The Balaban J connectivity index is 1.79. The molecule has 2 heterocycles. The summed E-state index contributed by atoms with van der Waals surface area (Å²) in [5.41, 5.74) is 8.35. The molecule has 0 bridgehead atoms. The second-order valence-corrected chi connectivity index (χ2v) is 5.62. The van der Waals surface area contributed by atoms with Crippen molar-refractivity contribution in [3.8, 4) is 0 Å². The zero-order valence-electron chi connectivity index (χ0n) is 11.7. The number of aryl methyl sites for hydroxylation is 2. The number of fused-ring (bicyclic) bond motifs is 1. The Bertz CT molecular complexity index is 795. The monoisotopic (exact) mass is 298 g/mol. The molecule has 0 spiro atoms. The smallest absolute Gasteiger partial charge is 0.269 e. The number of thiophene rings is 1. The molecule has 3 rings (SSSR count). The van der Waals surface area contributed by atoms with Crippen LogP contribution in [0.1, 0.15) is 21.5 Å². The molecular weight excluding hydrogens is 284 g/mol. The van der Waals surface area contributed by atoms with E-state index in [0.717, 1.165) is 21.3 Å². The van der Waals surface area contributed by atoms with E-state index in [9.17, 15) is 4.79 Å². The van der Waals surface area contributed by atoms with Crippen molar-refractivity contribution >= 4 is 33.3 Å². The first-order valence-corrected chi connectivity index (χ1v) is 7.35. The summed E-state index contributed by atoms with van der Waals surface area (Å²) in [6, 6.07) is 7.39. The van der Waals surface area contributed by atoms with E-state index in [0.29, 0.717) is 11.4 Å². The topological polar surface area (TPSA) is 66.9 Å². The summed E-state index contributed by atoms with van der Waals surface area (Å²) in [7, 11) is 0. The van der Waals surface area contributed by atoms with Crippen LogP contribution < -0.4 is 10.9 Å². The molecule has 6 heteroatoms. The number of carbonyl (C=O) groups is 1. The first-order chi connectivity index (χ1) is 10.1. The van der Waals surface area contributed by atoms with Gasteiger partial charge in [-0.05, 0) is 36.9 Å². The fourth-order valence-electron chi connectivity index (χ4n) is 2.01. The van der Waals surface area contributed by atoms with Crippen LogP contribution in [0.4, 0.5) is 5.82 Å². The van der Waals surface area contributed by atoms with Gasteiger partial charge in [0.05, 0.1) is 5.39 Å². The predicted octanol–water partition coefficient (Wildman–Crippen LogP) is 3.07. The molecule has 0 saturated carbocycles. The Morgan fingerprint density at radius 3 is 2.67 bits per heavy atom. The van der Waals surface area contributed by atoms with Crippen molar-refractivity contribution in [2.24, 2.45) is 0 Å². The maximum Gasteiger partial charge on any atom is 0.269 e. The van der Waals surface area contributed by atoms with E-state index in [-0.39, 0.29) is 5.91 Å². The third kappa shape index (κ3) is 2.71. The average molecular weight is 298 g/mol. The average Bonchev–Trinajstić information content (AvgIpc) is 2.88. The van der Waals surface area contributed by atoms with Crippen molar-refractivity contribution in [1.29, 1.82) is 0 Å². The molecular formula is C15H14N4OS. The number of benzene rings is 1. The van der Waals surface area contributed by atoms with Gasteiger partial charge in [-0.1, -0.05) is 17.7 Å². The van der Waals surface area contributed by atoms with Crippen LogP contribution in [0.2, 0.25) is 0 Å². The van der Waals surface area contributed by atoms with Gasteiger partial charge in [0.2, 0.25) is 0 Å². The van der Waals surface area contributed by atoms with Crippen LogP contribution >= 0.6 is 11.3 Å². The third-order valence-corrected chi connectivity index (χ3v) is 4.17. The van der Waals surface area contributed by atoms with Crippen LogP contribution in [0.25, 0.3) is 10.2 Å². The van der Waals surface area contributed by atoms with E-state index >= 15 is 0 Å². The minimum Gasteiger partial charge on any atom is -0.281 e. The van der Waals surface area contributed by atoms with Crippen molar-refractivity contribution in [1.82, 2.24) is 15.4 Å². The summed E-state index contributed by atoms with van der Waals surface area (Å²) < 4.78 is 0. The number of hydrogen-bond donors (Lipinski definition) is 2. The maximum absolute atomic E-state index is 12.1. The Kier molecular flexibility index (Phi) is 3.53. The first-order valence-electron chi connectivity index (χ1n) is 6.47. The van der Waals surface area contributed by atoms with Crippen molar-refractivity contribution < 1.29 is 4.79 Å². The van der Waals surface area contributed by atoms with E-state index in [2.05, 4.69) is 20.8 Å². The normalized spacial score (nSPS) is 10.6. The highest BCUT2D eigenvalue weighted by molar-refractivity contribution is 7.17. The second-order valence-electron chi connectivity index (χ2n) is 4.77. The molecule has 5 nitrogen and oxygen atoms in total. The van der Waals surface area contributed by atoms with Crippen molar-refractivity contribution in [2.75, 3.05) is 5.43 Å². The van der Waals surface area contributed by atoms with Gasteiger partial charge in [0.1, 0.15) is 11.2 Å². The third-order valence-electron chi connectivity index (χ3n) is 3.16. The van der Waals surface area contributed by atoms with E-state index < -0.39 is 0 Å². The zero-order chi connectivity index (χ0) is 14.8. The quantitative estimate of drug-likeness (QED) is 0.729. The fraction of sp³-hybridized carbons (Fsp3) is 0.133. The lowest BCUT2D eigenvalue weighted by atomic mass is 10.1. The lowest BCUT2D eigenvalue weighted by molar-refractivity contribution is 0.0962. The number of hydrogen-bond acceptors (Lipinski definition) is 5. The van der Waals surface area contributed by atoms with Crippen LogP contribution in [0.3, 0.4) is 0 Å². The number of nitrogens with zero attached hydrogens (tertiary/aromatic N) is 2. The summed E-state index contributed by atoms with van der Waals surface area (Å²) in [6.45, 7) is 3.98. The molecule has 0 atom stereocenters. The summed E-state index contributed by atoms with van der Waals surface area (Å²) >= 11 is 1.56. The van der Waals surface area contributed by atoms with Crippen LogP contribution in [0.5, 0.6) is 0 Å². The molecule has 0 saturated heterocycles. The molecule has 0 aliphatic carbocycles. The molecule has 1 amide bonds. The van der Waals surface area contributed by atoms with Gasteiger partial charge < -0.3 is 0 Å². The van der Waals surface area contributed by atoms with Gasteiger partial charge in [0.15, 0.2) is 5.82 Å². The van der Waals surface area contributed by atoms with Crippen molar-refractivity contribution in [3.63, 3.8) is 0 Å². The number of amides is 1. The van der Waals surface area contributed by atoms with Gasteiger partial charge >= 0.3 is 0 Å². The number of aromatic nitrogens is 2. The van der Waals surface area contributed by atoms with Gasteiger partial charge in [-0.25, -0.2) is 9.97 Å². The van der Waals surface area contributed by atoms with Gasteiger partial charge in [0, 0.05) is 5.56 Å². The molecule has 0 aliphatic rings. The minimum atomic E-state index is -0.199. The molecule has 2 aromatic heterocycles. The van der Waals surface area contributed by atoms with Crippen LogP contribution in [-0.2, 0) is 0 Å². The fourth-order valence-corrected chi connectivity index (χ4v) is 2.89. The zero-order valence-corrected chi connectivity index (χ0v) is 12.5. The highest BCUT2D eigenvalue weighted by Gasteiger charge is 2.10. The Morgan fingerprint density at radius 2 is 1.90 bits per heavy atom. The predicted molar refractivity (Wildman–Crippen MR) is 84.4 cm³/mol. The Morgan fingerprint density at radius 1 is 1.14 bits per heavy atom. The number of nitrogens with one attached hydrogen (secondary N) is 2. The van der Waals surface area contributed by atoms with E-state index in [1.165, 1.54) is 6.33 Å². The molecule has 1 aromatic carbocycles. The number of carbonyl (C=O) groups excluding carboxylic acids is 1. The lowest BCUT2D eigenvalue weighted by Gasteiger charge is -2.09. The van der Waals surface area contributed by atoms with Crippen molar-refractivity contribution in [2.45, 2.75) is 13.8 Å². The number of anilines is 1. The minimum absolute atomic E-state index is 0.199. The summed E-state index contributed by atoms with van der Waals surface area (Å²) in [6.07, 6.45) is 1.48. The largest absolute Gasteiger partial charge is 0.281 e. The highest BCUT2D eigenvalue weighted by Crippen LogP contribution is 2.27. The Hall–Kier alpha value is -2.47. The SMILES string of the molecule is Cc1ccc(C(=O)NNc2ncnc3scc(C)c23)cc1. The number of rotatable bonds is 3. The lowest BCUT2D eigenvalue weighted by Crippen LogP contribution is -2.29. The molecule has 0 aliphatic heterocycles. The van der Waals surface area contributed by atoms with Crippen LogP contribution in [-0.4, -0.2) is 15.9 Å². The summed E-state index contributed by atoms with van der Waals surface area (Å²) in [5.74, 6) is 0.411.